The fourth-order valence-electron chi connectivity index (χ4n) is 0.923. The van der Waals surface area contributed by atoms with E-state index in [4.69, 9.17) is 5.26 Å². The van der Waals surface area contributed by atoms with Crippen LogP contribution in [0.2, 0.25) is 0 Å². The van der Waals surface area contributed by atoms with Gasteiger partial charge in [-0.2, -0.15) is 5.26 Å². The molecule has 0 radical (unpaired) electrons. The van der Waals surface area contributed by atoms with Crippen LogP contribution in [0.1, 0.15) is 13.8 Å². The minimum absolute atomic E-state index is 0.313. The van der Waals surface area contributed by atoms with Gasteiger partial charge in [-0.25, -0.2) is 4.39 Å². The van der Waals surface area contributed by atoms with E-state index in [9.17, 15) is 9.18 Å². The molecule has 0 aromatic heterocycles. The fraction of sp³-hybridized carbons (Fsp3) is 0.273. The molecular weight excluding hydrogens is 275 g/mol. The summed E-state index contributed by atoms with van der Waals surface area (Å²) in [6.07, 6.45) is 0. The van der Waals surface area contributed by atoms with E-state index in [2.05, 4.69) is 21.2 Å². The molecule has 0 fully saturated rings. The molecule has 1 rings (SSSR count). The van der Waals surface area contributed by atoms with Gasteiger partial charge in [0.15, 0.2) is 0 Å². The predicted molar refractivity (Wildman–Crippen MR) is 62.1 cm³/mol. The van der Waals surface area contributed by atoms with Crippen molar-refractivity contribution in [1.29, 1.82) is 5.26 Å². The van der Waals surface area contributed by atoms with Gasteiger partial charge in [0, 0.05) is 4.47 Å². The van der Waals surface area contributed by atoms with Crippen LogP contribution in [0, 0.1) is 22.6 Å². The molecule has 0 atom stereocenters. The van der Waals surface area contributed by atoms with E-state index >= 15 is 0 Å². The maximum Gasteiger partial charge on any atom is 0.244 e. The van der Waals surface area contributed by atoms with E-state index in [0.29, 0.717) is 10.2 Å². The first-order valence-corrected chi connectivity index (χ1v) is 5.34. The maximum atomic E-state index is 12.9. The molecule has 0 saturated carbocycles. The second kappa shape index (κ2) is 4.62. The Kier molecular flexibility index (Phi) is 3.66. The summed E-state index contributed by atoms with van der Waals surface area (Å²) in [4.78, 5) is 11.7. The van der Waals surface area contributed by atoms with E-state index in [1.165, 1.54) is 32.0 Å². The van der Waals surface area contributed by atoms with Crippen molar-refractivity contribution >= 4 is 27.5 Å². The van der Waals surface area contributed by atoms with E-state index in [1.54, 1.807) is 0 Å². The zero-order valence-corrected chi connectivity index (χ0v) is 10.4. The summed E-state index contributed by atoms with van der Waals surface area (Å²) in [6, 6.07) is 5.83. The van der Waals surface area contributed by atoms with E-state index in [1.807, 2.05) is 6.07 Å². The number of halogens is 2. The third-order valence-corrected chi connectivity index (χ3v) is 2.72. The van der Waals surface area contributed by atoms with Gasteiger partial charge in [-0.1, -0.05) is 0 Å². The first kappa shape index (κ1) is 12.7. The Morgan fingerprint density at radius 2 is 2.19 bits per heavy atom. The first-order valence-electron chi connectivity index (χ1n) is 4.54. The molecular formula is C11H10BrFN2O. The van der Waals surface area contributed by atoms with E-state index in [0.717, 1.165) is 0 Å². The number of rotatable bonds is 2. The lowest BCUT2D eigenvalue weighted by Crippen LogP contribution is -2.29. The number of amides is 1. The highest BCUT2D eigenvalue weighted by Crippen LogP contribution is 2.25. The highest BCUT2D eigenvalue weighted by atomic mass is 79.9. The van der Waals surface area contributed by atoms with Crippen molar-refractivity contribution in [2.45, 2.75) is 13.8 Å². The van der Waals surface area contributed by atoms with Crippen molar-refractivity contribution in [1.82, 2.24) is 0 Å². The zero-order valence-electron chi connectivity index (χ0n) is 8.84. The van der Waals surface area contributed by atoms with Gasteiger partial charge < -0.3 is 5.32 Å². The summed E-state index contributed by atoms with van der Waals surface area (Å²) in [5.41, 5.74) is -0.834. The van der Waals surface area contributed by atoms with Gasteiger partial charge in [0.2, 0.25) is 5.91 Å². The molecule has 0 bridgehead atoms. The predicted octanol–water partition coefficient (Wildman–Crippen LogP) is 3.08. The topological polar surface area (TPSA) is 52.9 Å². The largest absolute Gasteiger partial charge is 0.324 e. The third kappa shape index (κ3) is 2.80. The molecule has 1 aromatic rings. The normalized spacial score (nSPS) is 10.7. The second-order valence-electron chi connectivity index (χ2n) is 3.82. The SMILES string of the molecule is CC(C)(C#N)C(=O)Nc1cc(F)ccc1Br. The average molecular weight is 285 g/mol. The number of nitrogens with one attached hydrogen (secondary N) is 1. The summed E-state index contributed by atoms with van der Waals surface area (Å²) < 4.78 is 13.5. The molecule has 1 N–H and O–H groups in total. The van der Waals surface area contributed by atoms with Gasteiger partial charge in [-0.3, -0.25) is 4.79 Å². The molecule has 1 aromatic carbocycles. The third-order valence-electron chi connectivity index (χ3n) is 2.02. The Hall–Kier alpha value is -1.41. The molecule has 0 heterocycles. The number of hydrogen-bond acceptors (Lipinski definition) is 2. The summed E-state index contributed by atoms with van der Waals surface area (Å²) in [5, 5.41) is 11.3. The van der Waals surface area contributed by atoms with Crippen LogP contribution in [-0.4, -0.2) is 5.91 Å². The van der Waals surface area contributed by atoms with Crippen molar-refractivity contribution in [2.24, 2.45) is 5.41 Å². The lowest BCUT2D eigenvalue weighted by atomic mass is 9.94. The molecule has 5 heteroatoms. The minimum Gasteiger partial charge on any atom is -0.324 e. The Bertz CT molecular complexity index is 466. The Labute approximate surface area is 101 Å². The number of anilines is 1. The summed E-state index contributed by atoms with van der Waals surface area (Å²) in [6.45, 7) is 2.99. The van der Waals surface area contributed by atoms with Gasteiger partial charge >= 0.3 is 0 Å². The minimum atomic E-state index is -1.15. The Balaban J connectivity index is 2.94. The van der Waals surface area contributed by atoms with Crippen LogP contribution in [0.4, 0.5) is 10.1 Å². The van der Waals surface area contributed by atoms with Crippen LogP contribution in [-0.2, 0) is 4.79 Å². The van der Waals surface area contributed by atoms with Crippen LogP contribution in [0.5, 0.6) is 0 Å². The van der Waals surface area contributed by atoms with Crippen LogP contribution in [0.15, 0.2) is 22.7 Å². The van der Waals surface area contributed by atoms with Crippen molar-refractivity contribution in [3.8, 4) is 6.07 Å². The van der Waals surface area contributed by atoms with E-state index in [-0.39, 0.29) is 0 Å². The molecule has 1 amide bonds. The highest BCUT2D eigenvalue weighted by Gasteiger charge is 2.27. The molecule has 16 heavy (non-hydrogen) atoms. The van der Waals surface area contributed by atoms with Crippen molar-refractivity contribution in [3.63, 3.8) is 0 Å². The fourth-order valence-corrected chi connectivity index (χ4v) is 1.27. The first-order chi connectivity index (χ1) is 7.36. The lowest BCUT2D eigenvalue weighted by molar-refractivity contribution is -0.121. The number of carbonyl (C=O) groups is 1. The van der Waals surface area contributed by atoms with Gasteiger partial charge in [-0.05, 0) is 48.0 Å². The molecule has 0 saturated heterocycles. The summed E-state index contributed by atoms with van der Waals surface area (Å²) in [5.74, 6) is -0.922. The summed E-state index contributed by atoms with van der Waals surface area (Å²) >= 11 is 3.18. The molecule has 0 unspecified atom stereocenters. The average Bonchev–Trinajstić information content (AvgIpc) is 2.23. The molecule has 0 aliphatic rings. The van der Waals surface area contributed by atoms with E-state index < -0.39 is 17.1 Å². The van der Waals surface area contributed by atoms with Crippen molar-refractivity contribution in [2.75, 3.05) is 5.32 Å². The molecule has 84 valence electrons. The van der Waals surface area contributed by atoms with Gasteiger partial charge in [0.05, 0.1) is 11.8 Å². The molecule has 3 nitrogen and oxygen atoms in total. The standard InChI is InChI=1S/C11H10BrFN2O/c1-11(2,6-14)10(16)15-9-5-7(13)3-4-8(9)12/h3-5H,1-2H3,(H,15,16). The quantitative estimate of drug-likeness (QED) is 0.907. The van der Waals surface area contributed by atoms with Crippen LogP contribution in [0.3, 0.4) is 0 Å². The number of nitrogens with zero attached hydrogens (tertiary/aromatic N) is 1. The van der Waals surface area contributed by atoms with Crippen molar-refractivity contribution < 1.29 is 9.18 Å². The smallest absolute Gasteiger partial charge is 0.244 e. The van der Waals surface area contributed by atoms with Crippen LogP contribution < -0.4 is 5.32 Å². The van der Waals surface area contributed by atoms with Gasteiger partial charge in [0.25, 0.3) is 0 Å². The van der Waals surface area contributed by atoms with Gasteiger partial charge in [-0.15, -0.1) is 0 Å². The number of nitriles is 1. The number of carbonyl (C=O) groups excluding carboxylic acids is 1. The molecule has 0 spiro atoms. The number of benzene rings is 1. The Morgan fingerprint density at radius 1 is 1.56 bits per heavy atom. The van der Waals surface area contributed by atoms with Crippen LogP contribution in [0.25, 0.3) is 0 Å². The monoisotopic (exact) mass is 284 g/mol. The molecule has 0 aliphatic carbocycles. The molecule has 0 aliphatic heterocycles. The zero-order chi connectivity index (χ0) is 12.3. The second-order valence-corrected chi connectivity index (χ2v) is 4.67. The number of hydrogen-bond donors (Lipinski definition) is 1. The van der Waals surface area contributed by atoms with Crippen LogP contribution >= 0.6 is 15.9 Å². The highest BCUT2D eigenvalue weighted by molar-refractivity contribution is 9.10. The Morgan fingerprint density at radius 3 is 2.75 bits per heavy atom. The summed E-state index contributed by atoms with van der Waals surface area (Å²) in [7, 11) is 0. The maximum absolute atomic E-state index is 12.9. The lowest BCUT2D eigenvalue weighted by Gasteiger charge is -2.15. The van der Waals surface area contributed by atoms with Crippen molar-refractivity contribution in [3.05, 3.63) is 28.5 Å². The van der Waals surface area contributed by atoms with Gasteiger partial charge in [0.1, 0.15) is 11.2 Å².